The number of likely N-dealkylation sites (N-methyl/N-ethyl adjacent to an activating group) is 1. The second-order valence-corrected chi connectivity index (χ2v) is 4.33. The van der Waals surface area contributed by atoms with E-state index in [4.69, 9.17) is 23.2 Å². The lowest BCUT2D eigenvalue weighted by Crippen LogP contribution is -2.37. The van der Waals surface area contributed by atoms with Crippen molar-refractivity contribution in [2.24, 2.45) is 0 Å². The quantitative estimate of drug-likeness (QED) is 0.832. The van der Waals surface area contributed by atoms with Gasteiger partial charge in [0.2, 0.25) is 5.91 Å². The number of hydrogen-bond donors (Lipinski definition) is 2. The molecule has 1 atom stereocenters. The first kappa shape index (κ1) is 14.1. The third-order valence-electron chi connectivity index (χ3n) is 2.11. The van der Waals surface area contributed by atoms with Gasteiger partial charge in [-0.15, -0.1) is 0 Å². The fourth-order valence-electron chi connectivity index (χ4n) is 1.28. The van der Waals surface area contributed by atoms with Crippen molar-refractivity contribution < 1.29 is 9.18 Å². The van der Waals surface area contributed by atoms with Gasteiger partial charge in [0.25, 0.3) is 0 Å². The zero-order valence-electron chi connectivity index (χ0n) is 9.48. The van der Waals surface area contributed by atoms with E-state index in [2.05, 4.69) is 10.6 Å². The Kier molecular flexibility index (Phi) is 5.02. The number of nitrogens with one attached hydrogen (secondary N) is 2. The molecule has 6 heteroatoms. The van der Waals surface area contributed by atoms with Gasteiger partial charge in [0.15, 0.2) is 5.82 Å². The molecule has 94 valence electrons. The molecule has 1 rings (SSSR count). The number of anilines is 1. The van der Waals surface area contributed by atoms with Gasteiger partial charge in [0.1, 0.15) is 6.04 Å². The summed E-state index contributed by atoms with van der Waals surface area (Å²) in [5.41, 5.74) is 0.500. The summed E-state index contributed by atoms with van der Waals surface area (Å²) in [6, 6.07) is 2.32. The summed E-state index contributed by atoms with van der Waals surface area (Å²) in [4.78, 5) is 11.5. The first-order valence-electron chi connectivity index (χ1n) is 5.14. The lowest BCUT2D eigenvalue weighted by molar-refractivity contribution is -0.121. The largest absolute Gasteiger partial charge is 0.374 e. The van der Waals surface area contributed by atoms with Crippen molar-refractivity contribution in [2.45, 2.75) is 19.9 Å². The second-order valence-electron chi connectivity index (χ2n) is 3.51. The van der Waals surface area contributed by atoms with Gasteiger partial charge in [0, 0.05) is 12.2 Å². The van der Waals surface area contributed by atoms with Gasteiger partial charge in [-0.25, -0.2) is 4.39 Å². The smallest absolute Gasteiger partial charge is 0.242 e. The fraction of sp³-hybridized carbons (Fsp3) is 0.364. The van der Waals surface area contributed by atoms with Crippen LogP contribution in [0.3, 0.4) is 0 Å². The third kappa shape index (κ3) is 3.75. The highest BCUT2D eigenvalue weighted by atomic mass is 35.5. The first-order chi connectivity index (χ1) is 7.95. The summed E-state index contributed by atoms with van der Waals surface area (Å²) < 4.78 is 13.2. The molecule has 0 bridgehead atoms. The van der Waals surface area contributed by atoms with Gasteiger partial charge in [-0.2, -0.15) is 0 Å². The SMILES string of the molecule is CCNC(=O)C(C)Nc1cc(Cl)c(F)c(Cl)c1. The molecule has 0 aliphatic rings. The Hall–Kier alpha value is -1.00. The van der Waals surface area contributed by atoms with Gasteiger partial charge >= 0.3 is 0 Å². The molecule has 1 aromatic carbocycles. The minimum atomic E-state index is -0.662. The van der Waals surface area contributed by atoms with Crippen LogP contribution in [0, 0.1) is 5.82 Å². The van der Waals surface area contributed by atoms with Crippen LogP contribution in [0.5, 0.6) is 0 Å². The van der Waals surface area contributed by atoms with E-state index >= 15 is 0 Å². The average molecular weight is 279 g/mol. The Morgan fingerprint density at radius 1 is 1.41 bits per heavy atom. The van der Waals surface area contributed by atoms with Gasteiger partial charge < -0.3 is 10.6 Å². The summed E-state index contributed by atoms with van der Waals surface area (Å²) in [5.74, 6) is -0.811. The van der Waals surface area contributed by atoms with Crippen molar-refractivity contribution in [1.29, 1.82) is 0 Å². The van der Waals surface area contributed by atoms with Gasteiger partial charge in [-0.05, 0) is 26.0 Å². The standard InChI is InChI=1S/C11H13Cl2FN2O/c1-3-15-11(17)6(2)16-7-4-8(12)10(14)9(13)5-7/h4-6,16H,3H2,1-2H3,(H,15,17). The van der Waals surface area contributed by atoms with Crippen molar-refractivity contribution in [1.82, 2.24) is 5.32 Å². The Balaban J connectivity index is 2.78. The number of carbonyl (C=O) groups is 1. The normalized spacial score (nSPS) is 12.1. The molecule has 0 saturated heterocycles. The van der Waals surface area contributed by atoms with Crippen LogP contribution in [-0.4, -0.2) is 18.5 Å². The van der Waals surface area contributed by atoms with Crippen LogP contribution in [0.2, 0.25) is 10.0 Å². The fourth-order valence-corrected chi connectivity index (χ4v) is 1.77. The van der Waals surface area contributed by atoms with E-state index in [0.29, 0.717) is 12.2 Å². The maximum Gasteiger partial charge on any atom is 0.242 e. The lowest BCUT2D eigenvalue weighted by atomic mass is 10.2. The number of halogens is 3. The van der Waals surface area contributed by atoms with Crippen LogP contribution in [0.25, 0.3) is 0 Å². The molecule has 0 aromatic heterocycles. The van der Waals surface area contributed by atoms with Crippen LogP contribution in [0.1, 0.15) is 13.8 Å². The van der Waals surface area contributed by atoms with Crippen LogP contribution in [0.4, 0.5) is 10.1 Å². The number of hydrogen-bond acceptors (Lipinski definition) is 2. The van der Waals surface area contributed by atoms with E-state index < -0.39 is 11.9 Å². The van der Waals surface area contributed by atoms with E-state index in [1.54, 1.807) is 6.92 Å². The van der Waals surface area contributed by atoms with Crippen molar-refractivity contribution in [3.63, 3.8) is 0 Å². The second kappa shape index (κ2) is 6.07. The van der Waals surface area contributed by atoms with Gasteiger partial charge in [-0.1, -0.05) is 23.2 Å². The Bertz CT molecular complexity index is 403. The Morgan fingerprint density at radius 3 is 2.41 bits per heavy atom. The molecule has 0 aliphatic heterocycles. The van der Waals surface area contributed by atoms with Gasteiger partial charge in [0.05, 0.1) is 10.0 Å². The molecule has 0 aliphatic carbocycles. The Labute approximate surface area is 109 Å². The summed E-state index contributed by atoms with van der Waals surface area (Å²) in [6.45, 7) is 4.07. The highest BCUT2D eigenvalue weighted by molar-refractivity contribution is 6.35. The number of carbonyl (C=O) groups excluding carboxylic acids is 1. The predicted molar refractivity (Wildman–Crippen MR) is 68.2 cm³/mol. The summed E-state index contributed by atoms with van der Waals surface area (Å²) in [6.07, 6.45) is 0. The summed E-state index contributed by atoms with van der Waals surface area (Å²) >= 11 is 11.3. The molecular formula is C11H13Cl2FN2O. The molecule has 1 unspecified atom stereocenters. The first-order valence-corrected chi connectivity index (χ1v) is 5.90. The van der Waals surface area contributed by atoms with E-state index in [1.807, 2.05) is 6.92 Å². The van der Waals surface area contributed by atoms with E-state index in [1.165, 1.54) is 12.1 Å². The molecule has 2 N–H and O–H groups in total. The van der Waals surface area contributed by atoms with E-state index in [-0.39, 0.29) is 16.0 Å². The van der Waals surface area contributed by atoms with Crippen LogP contribution >= 0.6 is 23.2 Å². The average Bonchev–Trinajstić information content (AvgIpc) is 2.26. The zero-order valence-corrected chi connectivity index (χ0v) is 11.0. The predicted octanol–water partition coefficient (Wildman–Crippen LogP) is 3.07. The monoisotopic (exact) mass is 278 g/mol. The molecule has 3 nitrogen and oxygen atoms in total. The van der Waals surface area contributed by atoms with Crippen molar-refractivity contribution in [2.75, 3.05) is 11.9 Å². The Morgan fingerprint density at radius 2 is 1.94 bits per heavy atom. The van der Waals surface area contributed by atoms with Gasteiger partial charge in [-0.3, -0.25) is 4.79 Å². The van der Waals surface area contributed by atoms with Crippen molar-refractivity contribution >= 4 is 34.8 Å². The zero-order chi connectivity index (χ0) is 13.0. The topological polar surface area (TPSA) is 41.1 Å². The molecule has 0 spiro atoms. The highest BCUT2D eigenvalue weighted by Gasteiger charge is 2.13. The number of rotatable bonds is 4. The van der Waals surface area contributed by atoms with Crippen molar-refractivity contribution in [3.8, 4) is 0 Å². The molecule has 0 fully saturated rings. The maximum absolute atomic E-state index is 13.2. The van der Waals surface area contributed by atoms with Crippen LogP contribution in [0.15, 0.2) is 12.1 Å². The van der Waals surface area contributed by atoms with E-state index in [9.17, 15) is 9.18 Å². The minimum absolute atomic E-state index is 0.0805. The molecule has 0 heterocycles. The minimum Gasteiger partial charge on any atom is -0.374 e. The third-order valence-corrected chi connectivity index (χ3v) is 2.66. The summed E-state index contributed by atoms with van der Waals surface area (Å²) in [7, 11) is 0. The molecule has 17 heavy (non-hydrogen) atoms. The number of benzene rings is 1. The maximum atomic E-state index is 13.2. The summed E-state index contributed by atoms with van der Waals surface area (Å²) in [5, 5.41) is 5.39. The molecular weight excluding hydrogens is 266 g/mol. The highest BCUT2D eigenvalue weighted by Crippen LogP contribution is 2.27. The van der Waals surface area contributed by atoms with Crippen LogP contribution < -0.4 is 10.6 Å². The molecule has 1 amide bonds. The van der Waals surface area contributed by atoms with E-state index in [0.717, 1.165) is 0 Å². The van der Waals surface area contributed by atoms with Crippen LogP contribution in [-0.2, 0) is 4.79 Å². The molecule has 0 radical (unpaired) electrons. The molecule has 0 saturated carbocycles. The number of amides is 1. The lowest BCUT2D eigenvalue weighted by Gasteiger charge is -2.15. The molecule has 1 aromatic rings. The van der Waals surface area contributed by atoms with Crippen molar-refractivity contribution in [3.05, 3.63) is 28.0 Å².